The van der Waals surface area contributed by atoms with Crippen LogP contribution in [0.5, 0.6) is 0 Å². The van der Waals surface area contributed by atoms with Crippen molar-refractivity contribution in [2.45, 2.75) is 6.92 Å². The third-order valence-corrected chi connectivity index (χ3v) is 1.46. The summed E-state index contributed by atoms with van der Waals surface area (Å²) in [6.45, 7) is 1.78. The van der Waals surface area contributed by atoms with Crippen molar-refractivity contribution < 1.29 is 4.79 Å². The van der Waals surface area contributed by atoms with E-state index in [0.29, 0.717) is 5.69 Å². The van der Waals surface area contributed by atoms with Gasteiger partial charge in [0.15, 0.2) is 0 Å². The fraction of sp³-hybridized carbons (Fsp3) is 0.125. The number of hydrogen-bond acceptors (Lipinski definition) is 4. The molecule has 0 bridgehead atoms. The van der Waals surface area contributed by atoms with Crippen LogP contribution < -0.4 is 11.5 Å². The van der Waals surface area contributed by atoms with Gasteiger partial charge in [-0.15, -0.1) is 0 Å². The van der Waals surface area contributed by atoms with E-state index in [1.165, 1.54) is 12.3 Å². The molecule has 5 nitrogen and oxygen atoms in total. The zero-order valence-corrected chi connectivity index (χ0v) is 7.19. The highest BCUT2D eigenvalue weighted by Gasteiger charge is 1.97. The van der Waals surface area contributed by atoms with Crippen molar-refractivity contribution >= 4 is 17.9 Å². The third-order valence-electron chi connectivity index (χ3n) is 1.46. The molecule has 1 aromatic heterocycles. The standard InChI is InChI=1S/C8H10N4O/c1-5-6(2-3-7(9)13)4-11-8(10)12-5/h2-4H,1H3,(H2,9,13)(H2,10,11,12). The second kappa shape index (κ2) is 3.66. The van der Waals surface area contributed by atoms with Gasteiger partial charge in [-0.25, -0.2) is 9.97 Å². The topological polar surface area (TPSA) is 94.9 Å². The Hall–Kier alpha value is -1.91. The highest BCUT2D eigenvalue weighted by atomic mass is 16.1. The summed E-state index contributed by atoms with van der Waals surface area (Å²) >= 11 is 0. The van der Waals surface area contributed by atoms with Crippen LogP contribution in [0, 0.1) is 6.92 Å². The number of primary amides is 1. The summed E-state index contributed by atoms with van der Waals surface area (Å²) < 4.78 is 0. The first-order valence-electron chi connectivity index (χ1n) is 3.66. The Labute approximate surface area is 75.5 Å². The summed E-state index contributed by atoms with van der Waals surface area (Å²) in [4.78, 5) is 18.1. The first kappa shape index (κ1) is 9.18. The van der Waals surface area contributed by atoms with Gasteiger partial charge in [0.1, 0.15) is 0 Å². The van der Waals surface area contributed by atoms with Crippen LogP contribution in [-0.2, 0) is 4.79 Å². The lowest BCUT2D eigenvalue weighted by Gasteiger charge is -1.98. The largest absolute Gasteiger partial charge is 0.368 e. The molecule has 0 aliphatic carbocycles. The summed E-state index contributed by atoms with van der Waals surface area (Å²) in [5, 5.41) is 0. The Balaban J connectivity index is 2.96. The lowest BCUT2D eigenvalue weighted by atomic mass is 10.2. The zero-order chi connectivity index (χ0) is 9.84. The van der Waals surface area contributed by atoms with E-state index in [1.54, 1.807) is 13.0 Å². The predicted molar refractivity (Wildman–Crippen MR) is 49.4 cm³/mol. The van der Waals surface area contributed by atoms with E-state index in [0.717, 1.165) is 5.56 Å². The molecule has 0 radical (unpaired) electrons. The number of nitrogens with two attached hydrogens (primary N) is 2. The van der Waals surface area contributed by atoms with Crippen molar-refractivity contribution in [3.63, 3.8) is 0 Å². The number of carbonyl (C=O) groups is 1. The Morgan fingerprint density at radius 3 is 2.85 bits per heavy atom. The van der Waals surface area contributed by atoms with E-state index in [2.05, 4.69) is 9.97 Å². The number of rotatable bonds is 2. The smallest absolute Gasteiger partial charge is 0.241 e. The molecular weight excluding hydrogens is 168 g/mol. The van der Waals surface area contributed by atoms with Crippen LogP contribution in [0.25, 0.3) is 6.08 Å². The molecule has 68 valence electrons. The summed E-state index contributed by atoms with van der Waals surface area (Å²) in [5.74, 6) is -0.287. The quantitative estimate of drug-likeness (QED) is 0.616. The molecule has 4 N–H and O–H groups in total. The van der Waals surface area contributed by atoms with Gasteiger partial charge in [-0.1, -0.05) is 0 Å². The zero-order valence-electron chi connectivity index (χ0n) is 7.19. The number of carbonyl (C=O) groups excluding carboxylic acids is 1. The second-order valence-electron chi connectivity index (χ2n) is 2.50. The Morgan fingerprint density at radius 2 is 2.31 bits per heavy atom. The van der Waals surface area contributed by atoms with Crippen molar-refractivity contribution in [2.24, 2.45) is 5.73 Å². The van der Waals surface area contributed by atoms with Crippen LogP contribution >= 0.6 is 0 Å². The van der Waals surface area contributed by atoms with Crippen LogP contribution in [0.15, 0.2) is 12.3 Å². The molecule has 0 fully saturated rings. The normalized spacial score (nSPS) is 10.5. The van der Waals surface area contributed by atoms with Gasteiger partial charge >= 0.3 is 0 Å². The minimum Gasteiger partial charge on any atom is -0.368 e. The Kier molecular flexibility index (Phi) is 2.59. The van der Waals surface area contributed by atoms with Crippen molar-refractivity contribution in [3.05, 3.63) is 23.5 Å². The molecule has 5 heteroatoms. The van der Waals surface area contributed by atoms with Crippen molar-refractivity contribution in [2.75, 3.05) is 5.73 Å². The predicted octanol–water partition coefficient (Wildman–Crippen LogP) is -0.134. The van der Waals surface area contributed by atoms with Gasteiger partial charge in [0.2, 0.25) is 11.9 Å². The van der Waals surface area contributed by atoms with E-state index in [9.17, 15) is 4.79 Å². The highest BCUT2D eigenvalue weighted by Crippen LogP contribution is 2.06. The summed E-state index contributed by atoms with van der Waals surface area (Å²) in [7, 11) is 0. The molecule has 0 aromatic carbocycles. The van der Waals surface area contributed by atoms with Gasteiger partial charge in [0.25, 0.3) is 0 Å². The lowest BCUT2D eigenvalue weighted by molar-refractivity contribution is -0.113. The van der Waals surface area contributed by atoms with Crippen LogP contribution in [-0.4, -0.2) is 15.9 Å². The molecule has 0 aliphatic rings. The Bertz CT molecular complexity index is 359. The van der Waals surface area contributed by atoms with E-state index < -0.39 is 5.91 Å². The summed E-state index contributed by atoms with van der Waals surface area (Å²) in [5.41, 5.74) is 11.7. The minimum atomic E-state index is -0.503. The van der Waals surface area contributed by atoms with E-state index in [1.807, 2.05) is 0 Å². The molecule has 0 aliphatic heterocycles. The molecule has 1 amide bonds. The average Bonchev–Trinajstić information content (AvgIpc) is 2.02. The molecule has 1 rings (SSSR count). The first-order valence-corrected chi connectivity index (χ1v) is 3.66. The lowest BCUT2D eigenvalue weighted by Crippen LogP contribution is -2.05. The van der Waals surface area contributed by atoms with Gasteiger partial charge in [-0.3, -0.25) is 4.79 Å². The number of aryl methyl sites for hydroxylation is 1. The summed E-state index contributed by atoms with van der Waals surface area (Å²) in [6.07, 6.45) is 4.34. The maximum absolute atomic E-state index is 10.4. The second-order valence-corrected chi connectivity index (χ2v) is 2.50. The maximum atomic E-state index is 10.4. The molecular formula is C8H10N4O. The van der Waals surface area contributed by atoms with Crippen LogP contribution in [0.1, 0.15) is 11.3 Å². The van der Waals surface area contributed by atoms with Gasteiger partial charge < -0.3 is 11.5 Å². The fourth-order valence-electron chi connectivity index (χ4n) is 0.830. The number of anilines is 1. The molecule has 1 aromatic rings. The van der Waals surface area contributed by atoms with Crippen LogP contribution in [0.2, 0.25) is 0 Å². The number of nitrogens with zero attached hydrogens (tertiary/aromatic N) is 2. The molecule has 0 unspecified atom stereocenters. The highest BCUT2D eigenvalue weighted by molar-refractivity contribution is 5.90. The molecule has 1 heterocycles. The van der Waals surface area contributed by atoms with Gasteiger partial charge in [0.05, 0.1) is 5.69 Å². The molecule has 0 saturated carbocycles. The number of aromatic nitrogens is 2. The van der Waals surface area contributed by atoms with Gasteiger partial charge in [0, 0.05) is 17.8 Å². The molecule has 13 heavy (non-hydrogen) atoms. The fourth-order valence-corrected chi connectivity index (χ4v) is 0.830. The summed E-state index contributed by atoms with van der Waals surface area (Å²) in [6, 6.07) is 0. The number of hydrogen-bond donors (Lipinski definition) is 2. The number of amides is 1. The average molecular weight is 178 g/mol. The maximum Gasteiger partial charge on any atom is 0.241 e. The van der Waals surface area contributed by atoms with Gasteiger partial charge in [-0.05, 0) is 13.0 Å². The first-order chi connectivity index (χ1) is 6.09. The Morgan fingerprint density at radius 1 is 1.62 bits per heavy atom. The van der Waals surface area contributed by atoms with E-state index >= 15 is 0 Å². The van der Waals surface area contributed by atoms with Crippen LogP contribution in [0.3, 0.4) is 0 Å². The van der Waals surface area contributed by atoms with Crippen LogP contribution in [0.4, 0.5) is 5.95 Å². The monoisotopic (exact) mass is 178 g/mol. The third kappa shape index (κ3) is 2.55. The van der Waals surface area contributed by atoms with E-state index in [4.69, 9.17) is 11.5 Å². The molecule has 0 saturated heterocycles. The van der Waals surface area contributed by atoms with Crippen molar-refractivity contribution in [1.29, 1.82) is 0 Å². The van der Waals surface area contributed by atoms with Gasteiger partial charge in [-0.2, -0.15) is 0 Å². The van der Waals surface area contributed by atoms with E-state index in [-0.39, 0.29) is 5.95 Å². The van der Waals surface area contributed by atoms with Crippen molar-refractivity contribution in [1.82, 2.24) is 9.97 Å². The SMILES string of the molecule is Cc1nc(N)ncc1C=CC(N)=O. The van der Waals surface area contributed by atoms with Crippen molar-refractivity contribution in [3.8, 4) is 0 Å². The minimum absolute atomic E-state index is 0.216. The molecule has 0 spiro atoms. The number of nitrogen functional groups attached to an aromatic ring is 1. The molecule has 0 atom stereocenters.